The Morgan fingerprint density at radius 2 is 1.27 bits per heavy atom. The molecule has 0 unspecified atom stereocenters. The van der Waals surface area contributed by atoms with Gasteiger partial charge in [0.2, 0.25) is 0 Å². The molecule has 1 saturated heterocycles. The minimum Gasteiger partial charge on any atom is -0.337 e. The van der Waals surface area contributed by atoms with Gasteiger partial charge in [-0.3, -0.25) is 9.59 Å². The molecule has 154 valence electrons. The Labute approximate surface area is 185 Å². The van der Waals surface area contributed by atoms with Gasteiger partial charge in [0.25, 0.3) is 11.8 Å². The van der Waals surface area contributed by atoms with E-state index in [-0.39, 0.29) is 11.8 Å². The number of halogens is 2. The van der Waals surface area contributed by atoms with Crippen molar-refractivity contribution in [2.75, 3.05) is 26.2 Å². The summed E-state index contributed by atoms with van der Waals surface area (Å²) >= 11 is 12.0. The minimum atomic E-state index is -0.0982. The molecule has 2 aromatic carbocycles. The van der Waals surface area contributed by atoms with Gasteiger partial charge in [0.1, 0.15) is 0 Å². The van der Waals surface area contributed by atoms with Crippen LogP contribution in [0.5, 0.6) is 0 Å². The molecular formula is C23H21Cl2N3O2. The average Bonchev–Trinajstić information content (AvgIpc) is 3.19. The van der Waals surface area contributed by atoms with E-state index in [0.29, 0.717) is 47.4 Å². The number of hydrogen-bond donors (Lipinski definition) is 0. The predicted molar refractivity (Wildman–Crippen MR) is 119 cm³/mol. The number of carbonyl (C=O) groups excluding carboxylic acids is 2. The van der Waals surface area contributed by atoms with Gasteiger partial charge in [-0.05, 0) is 61.0 Å². The van der Waals surface area contributed by atoms with E-state index in [4.69, 9.17) is 23.2 Å². The molecule has 1 aliphatic rings. The largest absolute Gasteiger partial charge is 0.337 e. The summed E-state index contributed by atoms with van der Waals surface area (Å²) in [5.41, 5.74) is 2.16. The molecule has 0 saturated carbocycles. The van der Waals surface area contributed by atoms with Crippen LogP contribution in [0.1, 0.15) is 27.1 Å². The first kappa shape index (κ1) is 20.5. The number of nitrogens with zero attached hydrogens (tertiary/aromatic N) is 3. The number of rotatable bonds is 3. The van der Waals surface area contributed by atoms with Crippen molar-refractivity contribution in [3.8, 4) is 5.69 Å². The fourth-order valence-corrected chi connectivity index (χ4v) is 3.90. The molecule has 7 heteroatoms. The second-order valence-electron chi connectivity index (χ2n) is 7.20. The molecule has 30 heavy (non-hydrogen) atoms. The first-order chi connectivity index (χ1) is 14.5. The summed E-state index contributed by atoms with van der Waals surface area (Å²) in [5, 5.41) is 0.779. The van der Waals surface area contributed by atoms with E-state index in [2.05, 4.69) is 0 Å². The quantitative estimate of drug-likeness (QED) is 0.587. The van der Waals surface area contributed by atoms with E-state index >= 15 is 0 Å². The van der Waals surface area contributed by atoms with E-state index in [1.165, 1.54) is 0 Å². The lowest BCUT2D eigenvalue weighted by molar-refractivity contribution is 0.0719. The van der Waals surface area contributed by atoms with Gasteiger partial charge in [-0.2, -0.15) is 0 Å². The van der Waals surface area contributed by atoms with Crippen LogP contribution in [0.25, 0.3) is 5.69 Å². The molecule has 5 nitrogen and oxygen atoms in total. The Morgan fingerprint density at radius 3 is 1.87 bits per heavy atom. The average molecular weight is 442 g/mol. The number of benzene rings is 2. The fourth-order valence-electron chi connectivity index (χ4n) is 3.60. The summed E-state index contributed by atoms with van der Waals surface area (Å²) in [7, 11) is 0. The Morgan fingerprint density at radius 1 is 0.700 bits per heavy atom. The van der Waals surface area contributed by atoms with Gasteiger partial charge in [-0.25, -0.2) is 0 Å². The number of amides is 2. The van der Waals surface area contributed by atoms with E-state index in [9.17, 15) is 9.59 Å². The highest BCUT2D eigenvalue weighted by atomic mass is 35.5. The third-order valence-electron chi connectivity index (χ3n) is 5.25. The summed E-state index contributed by atoms with van der Waals surface area (Å²) < 4.78 is 1.99. The summed E-state index contributed by atoms with van der Waals surface area (Å²) in [6, 6.07) is 16.4. The fraction of sp³-hybridized carbons (Fsp3) is 0.217. The van der Waals surface area contributed by atoms with Crippen molar-refractivity contribution in [3.05, 3.63) is 88.2 Å². The van der Waals surface area contributed by atoms with Crippen molar-refractivity contribution in [1.29, 1.82) is 0 Å². The number of carbonyl (C=O) groups is 2. The van der Waals surface area contributed by atoms with E-state index < -0.39 is 0 Å². The lowest BCUT2D eigenvalue weighted by Crippen LogP contribution is -2.37. The van der Waals surface area contributed by atoms with E-state index in [1.807, 2.05) is 58.3 Å². The van der Waals surface area contributed by atoms with Gasteiger partial charge in [-0.1, -0.05) is 23.2 Å². The molecule has 1 aliphatic heterocycles. The SMILES string of the molecule is O=C(c1ccc(-n2cccc2)cc1)N1CCCN(C(=O)c2ccc(Cl)c(Cl)c2)CC1. The van der Waals surface area contributed by atoms with Gasteiger partial charge < -0.3 is 14.4 Å². The predicted octanol–water partition coefficient (Wildman–Crippen LogP) is 4.77. The van der Waals surface area contributed by atoms with Crippen LogP contribution >= 0.6 is 23.2 Å². The zero-order valence-corrected chi connectivity index (χ0v) is 17.8. The molecule has 0 spiro atoms. The number of hydrogen-bond acceptors (Lipinski definition) is 2. The van der Waals surface area contributed by atoms with Gasteiger partial charge >= 0.3 is 0 Å². The Hall–Kier alpha value is -2.76. The molecule has 0 atom stereocenters. The van der Waals surface area contributed by atoms with Crippen LogP contribution in [-0.2, 0) is 0 Å². The summed E-state index contributed by atoms with van der Waals surface area (Å²) in [5.74, 6) is -0.114. The van der Waals surface area contributed by atoms with Crippen LogP contribution in [0.2, 0.25) is 10.0 Å². The topological polar surface area (TPSA) is 45.6 Å². The van der Waals surface area contributed by atoms with Gasteiger partial charge in [0.05, 0.1) is 10.0 Å². The second-order valence-corrected chi connectivity index (χ2v) is 8.02. The molecule has 2 amide bonds. The van der Waals surface area contributed by atoms with Gasteiger partial charge in [0, 0.05) is 55.4 Å². The van der Waals surface area contributed by atoms with Crippen molar-refractivity contribution in [3.63, 3.8) is 0 Å². The second kappa shape index (κ2) is 8.94. The zero-order valence-electron chi connectivity index (χ0n) is 16.3. The van der Waals surface area contributed by atoms with Crippen LogP contribution in [-0.4, -0.2) is 52.4 Å². The molecule has 2 heterocycles. The van der Waals surface area contributed by atoms with Crippen molar-refractivity contribution < 1.29 is 9.59 Å². The molecule has 1 fully saturated rings. The monoisotopic (exact) mass is 441 g/mol. The third-order valence-corrected chi connectivity index (χ3v) is 5.99. The highest BCUT2D eigenvalue weighted by Crippen LogP contribution is 2.23. The maximum Gasteiger partial charge on any atom is 0.253 e. The van der Waals surface area contributed by atoms with Crippen molar-refractivity contribution in [1.82, 2.24) is 14.4 Å². The van der Waals surface area contributed by atoms with Crippen LogP contribution in [0.15, 0.2) is 67.0 Å². The standard InChI is InChI=1S/C23H21Cl2N3O2/c24-20-9-6-18(16-21(20)25)23(30)28-13-3-12-27(14-15-28)22(29)17-4-7-19(8-5-17)26-10-1-2-11-26/h1-2,4-11,16H,3,12-15H2. The smallest absolute Gasteiger partial charge is 0.253 e. The van der Waals surface area contributed by atoms with Gasteiger partial charge in [-0.15, -0.1) is 0 Å². The minimum absolute atomic E-state index is 0.0158. The first-order valence-electron chi connectivity index (χ1n) is 9.80. The molecule has 1 aromatic heterocycles. The highest BCUT2D eigenvalue weighted by Gasteiger charge is 2.24. The van der Waals surface area contributed by atoms with Crippen LogP contribution < -0.4 is 0 Å². The van der Waals surface area contributed by atoms with Crippen molar-refractivity contribution in [2.24, 2.45) is 0 Å². The van der Waals surface area contributed by atoms with Crippen molar-refractivity contribution >= 4 is 35.0 Å². The summed E-state index contributed by atoms with van der Waals surface area (Å²) in [6.45, 7) is 2.18. The number of aromatic nitrogens is 1. The molecule has 0 N–H and O–H groups in total. The Bertz CT molecular complexity index is 1050. The Balaban J connectivity index is 1.41. The van der Waals surface area contributed by atoms with Crippen LogP contribution in [0.3, 0.4) is 0 Å². The van der Waals surface area contributed by atoms with E-state index in [1.54, 1.807) is 23.1 Å². The maximum atomic E-state index is 13.0. The lowest BCUT2D eigenvalue weighted by Gasteiger charge is -2.22. The van der Waals surface area contributed by atoms with Crippen LogP contribution in [0, 0.1) is 0 Å². The molecule has 0 bridgehead atoms. The van der Waals surface area contributed by atoms with Crippen LogP contribution in [0.4, 0.5) is 0 Å². The molecule has 0 radical (unpaired) electrons. The molecule has 4 rings (SSSR count). The third kappa shape index (κ3) is 4.37. The Kier molecular flexibility index (Phi) is 6.11. The first-order valence-corrected chi connectivity index (χ1v) is 10.6. The maximum absolute atomic E-state index is 13.0. The molecule has 3 aromatic rings. The zero-order chi connectivity index (χ0) is 21.1. The molecule has 0 aliphatic carbocycles. The van der Waals surface area contributed by atoms with Crippen molar-refractivity contribution in [2.45, 2.75) is 6.42 Å². The highest BCUT2D eigenvalue weighted by molar-refractivity contribution is 6.42. The molecular weight excluding hydrogens is 421 g/mol. The lowest BCUT2D eigenvalue weighted by atomic mass is 10.1. The van der Waals surface area contributed by atoms with E-state index in [0.717, 1.165) is 12.1 Å². The normalized spacial score (nSPS) is 14.5. The van der Waals surface area contributed by atoms with Gasteiger partial charge in [0.15, 0.2) is 0 Å². The summed E-state index contributed by atoms with van der Waals surface area (Å²) in [4.78, 5) is 29.4. The summed E-state index contributed by atoms with van der Waals surface area (Å²) in [6.07, 6.45) is 4.65.